The van der Waals surface area contributed by atoms with Gasteiger partial charge in [-0.3, -0.25) is 4.55 Å². The lowest BCUT2D eigenvalue weighted by atomic mass is 10.1. The maximum absolute atomic E-state index is 12.4. The first-order valence-corrected chi connectivity index (χ1v) is 5.17. The van der Waals surface area contributed by atoms with Gasteiger partial charge in [0.15, 0.2) is 0 Å². The molecule has 0 saturated heterocycles. The molecule has 0 aromatic heterocycles. The van der Waals surface area contributed by atoms with Crippen LogP contribution in [-0.2, 0) is 15.1 Å². The predicted molar refractivity (Wildman–Crippen MR) is 47.9 cm³/mol. The van der Waals surface area contributed by atoms with Crippen molar-refractivity contribution in [1.29, 1.82) is 0 Å². The van der Waals surface area contributed by atoms with E-state index >= 15 is 0 Å². The van der Waals surface area contributed by atoms with Crippen LogP contribution in [0.5, 0.6) is 0 Å². The van der Waals surface area contributed by atoms with Crippen LogP contribution in [0.2, 0.25) is 0 Å². The van der Waals surface area contributed by atoms with E-state index in [4.69, 9.17) is 4.55 Å². The summed E-state index contributed by atoms with van der Waals surface area (Å²) in [6.07, 6.45) is 0. The minimum atomic E-state index is -4.89. The fourth-order valence-corrected chi connectivity index (χ4v) is 1.57. The summed E-state index contributed by atoms with van der Waals surface area (Å²) in [7, 11) is -4.89. The molecule has 2 N–H and O–H groups in total. The molecule has 0 fully saturated rings. The normalized spacial score (nSPS) is 16.2. The van der Waals surface area contributed by atoms with Gasteiger partial charge in [0.25, 0.3) is 0 Å². The molecule has 4 nitrogen and oxygen atoms in total. The van der Waals surface area contributed by atoms with Gasteiger partial charge in [0.1, 0.15) is 6.67 Å². The Kier molecular flexibility index (Phi) is 2.89. The smallest absolute Gasteiger partial charge is 0.302 e. The quantitative estimate of drug-likeness (QED) is 0.735. The average Bonchev–Trinajstić information content (AvgIpc) is 2.16. The molecule has 0 amide bonds. The molecular weight excluding hydrogens is 211 g/mol. The second-order valence-corrected chi connectivity index (χ2v) is 4.38. The van der Waals surface area contributed by atoms with Gasteiger partial charge in [0, 0.05) is 5.56 Å². The monoisotopic (exact) mass is 220 g/mol. The van der Waals surface area contributed by atoms with Crippen LogP contribution in [0.25, 0.3) is 0 Å². The number of alkyl halides is 1. The molecule has 1 unspecified atom stereocenters. The summed E-state index contributed by atoms with van der Waals surface area (Å²) in [5.41, 5.74) is -0.204. The zero-order valence-electron chi connectivity index (χ0n) is 7.09. The van der Waals surface area contributed by atoms with E-state index in [1.54, 1.807) is 6.07 Å². The van der Waals surface area contributed by atoms with Gasteiger partial charge in [0.05, 0.1) is 0 Å². The van der Waals surface area contributed by atoms with Gasteiger partial charge in [-0.1, -0.05) is 30.3 Å². The topological polar surface area (TPSA) is 74.6 Å². The molecule has 0 heterocycles. The fourth-order valence-electron chi connectivity index (χ4n) is 0.994. The van der Waals surface area contributed by atoms with E-state index in [0.29, 0.717) is 0 Å². The molecule has 1 rings (SSSR count). The van der Waals surface area contributed by atoms with Crippen molar-refractivity contribution in [2.24, 2.45) is 0 Å². The van der Waals surface area contributed by atoms with Crippen LogP contribution in [0.4, 0.5) is 4.39 Å². The molecule has 0 saturated carbocycles. The van der Waals surface area contributed by atoms with Crippen LogP contribution in [-0.4, -0.2) is 24.8 Å². The van der Waals surface area contributed by atoms with E-state index in [-0.39, 0.29) is 5.56 Å². The predicted octanol–water partition coefficient (Wildman–Crippen LogP) is 0.689. The molecule has 0 spiro atoms. The summed E-state index contributed by atoms with van der Waals surface area (Å²) in [6.45, 7) is -1.60. The molecule has 0 aliphatic rings. The Morgan fingerprint density at radius 2 is 1.79 bits per heavy atom. The molecule has 0 bridgehead atoms. The van der Waals surface area contributed by atoms with Gasteiger partial charge < -0.3 is 5.11 Å². The Balaban J connectivity index is 3.30. The third-order valence-corrected chi connectivity index (χ3v) is 3.03. The lowest BCUT2D eigenvalue weighted by Gasteiger charge is -2.21. The summed E-state index contributed by atoms with van der Waals surface area (Å²) in [4.78, 5) is -2.87. The number of aliphatic hydroxyl groups is 1. The lowest BCUT2D eigenvalue weighted by molar-refractivity contribution is 0.0824. The van der Waals surface area contributed by atoms with E-state index in [2.05, 4.69) is 0 Å². The maximum Gasteiger partial charge on any atom is 0.302 e. The van der Waals surface area contributed by atoms with Crippen molar-refractivity contribution in [1.82, 2.24) is 0 Å². The van der Waals surface area contributed by atoms with Crippen LogP contribution in [0.15, 0.2) is 30.3 Å². The minimum Gasteiger partial charge on any atom is -0.367 e. The first kappa shape index (κ1) is 11.1. The highest BCUT2D eigenvalue weighted by Gasteiger charge is 2.43. The van der Waals surface area contributed by atoms with Gasteiger partial charge in [0.2, 0.25) is 4.93 Å². The first-order valence-electron chi connectivity index (χ1n) is 3.73. The second kappa shape index (κ2) is 3.64. The summed E-state index contributed by atoms with van der Waals surface area (Å²) in [5, 5.41) is 9.41. The van der Waals surface area contributed by atoms with Crippen molar-refractivity contribution in [2.45, 2.75) is 4.93 Å². The molecule has 78 valence electrons. The number of benzene rings is 1. The Morgan fingerprint density at radius 3 is 2.14 bits per heavy atom. The number of hydrogen-bond donors (Lipinski definition) is 2. The van der Waals surface area contributed by atoms with Crippen LogP contribution >= 0.6 is 0 Å². The molecule has 0 aliphatic carbocycles. The average molecular weight is 220 g/mol. The Labute approximate surface area is 80.7 Å². The minimum absolute atomic E-state index is 0.204. The third kappa shape index (κ3) is 1.77. The molecule has 1 aromatic carbocycles. The van der Waals surface area contributed by atoms with Gasteiger partial charge in [-0.15, -0.1) is 0 Å². The molecule has 14 heavy (non-hydrogen) atoms. The zero-order chi connectivity index (χ0) is 10.8. The van der Waals surface area contributed by atoms with E-state index in [0.717, 1.165) is 0 Å². The van der Waals surface area contributed by atoms with Gasteiger partial charge >= 0.3 is 10.1 Å². The highest BCUT2D eigenvalue weighted by atomic mass is 32.2. The van der Waals surface area contributed by atoms with Crippen molar-refractivity contribution >= 4 is 10.1 Å². The number of rotatable bonds is 3. The van der Waals surface area contributed by atoms with Gasteiger partial charge in [-0.25, -0.2) is 4.39 Å². The van der Waals surface area contributed by atoms with Gasteiger partial charge in [-0.2, -0.15) is 8.42 Å². The Hall–Kier alpha value is -0.980. The van der Waals surface area contributed by atoms with Crippen LogP contribution in [0, 0.1) is 0 Å². The summed E-state index contributed by atoms with van der Waals surface area (Å²) < 4.78 is 42.6. The number of hydrogen-bond acceptors (Lipinski definition) is 3. The van der Waals surface area contributed by atoms with E-state index < -0.39 is 21.7 Å². The summed E-state index contributed by atoms with van der Waals surface area (Å²) >= 11 is 0. The van der Waals surface area contributed by atoms with Crippen molar-refractivity contribution in [3.63, 3.8) is 0 Å². The first-order chi connectivity index (χ1) is 6.42. The Bertz CT molecular complexity index is 403. The van der Waals surface area contributed by atoms with Crippen molar-refractivity contribution in [2.75, 3.05) is 6.67 Å². The molecule has 6 heteroatoms. The Morgan fingerprint density at radius 1 is 1.29 bits per heavy atom. The molecular formula is C8H9FO4S. The largest absolute Gasteiger partial charge is 0.367 e. The maximum atomic E-state index is 12.4. The number of halogens is 1. The van der Waals surface area contributed by atoms with E-state index in [1.807, 2.05) is 0 Å². The lowest BCUT2D eigenvalue weighted by Crippen LogP contribution is -2.37. The van der Waals surface area contributed by atoms with Crippen LogP contribution in [0.1, 0.15) is 5.56 Å². The third-order valence-electron chi connectivity index (χ3n) is 1.83. The summed E-state index contributed by atoms with van der Waals surface area (Å²) in [6, 6.07) is 6.87. The van der Waals surface area contributed by atoms with E-state index in [9.17, 15) is 17.9 Å². The van der Waals surface area contributed by atoms with Crippen molar-refractivity contribution in [3.05, 3.63) is 35.9 Å². The van der Waals surface area contributed by atoms with E-state index in [1.165, 1.54) is 24.3 Å². The van der Waals surface area contributed by atoms with Crippen molar-refractivity contribution in [3.8, 4) is 0 Å². The molecule has 1 atom stereocenters. The van der Waals surface area contributed by atoms with Crippen LogP contribution < -0.4 is 0 Å². The van der Waals surface area contributed by atoms with Crippen molar-refractivity contribution < 1.29 is 22.5 Å². The molecule has 0 aliphatic heterocycles. The SMILES string of the molecule is O=S(=O)(O)C(O)(CF)c1ccccc1. The second-order valence-electron chi connectivity index (χ2n) is 2.76. The summed E-state index contributed by atoms with van der Waals surface area (Å²) in [5.74, 6) is 0. The highest BCUT2D eigenvalue weighted by Crippen LogP contribution is 2.26. The zero-order valence-corrected chi connectivity index (χ0v) is 7.91. The van der Waals surface area contributed by atoms with Gasteiger partial charge in [-0.05, 0) is 0 Å². The fraction of sp³-hybridized carbons (Fsp3) is 0.250. The highest BCUT2D eigenvalue weighted by molar-refractivity contribution is 7.86. The van der Waals surface area contributed by atoms with Crippen LogP contribution in [0.3, 0.4) is 0 Å². The standard InChI is InChI=1S/C8H9FO4S/c9-6-8(10,14(11,12)13)7-4-2-1-3-5-7/h1-5,10H,6H2,(H,11,12,13). The molecule has 1 aromatic rings. The molecule has 0 radical (unpaired) electrons.